The van der Waals surface area contributed by atoms with Crippen LogP contribution in [0.4, 0.5) is 13.2 Å². The van der Waals surface area contributed by atoms with Gasteiger partial charge in [0, 0.05) is 30.3 Å². The Balaban J connectivity index is 1.36. The minimum atomic E-state index is -4.54. The van der Waals surface area contributed by atoms with Crippen molar-refractivity contribution in [1.29, 1.82) is 0 Å². The average molecular weight is 433 g/mol. The Morgan fingerprint density at radius 1 is 1.13 bits per heavy atom. The molecule has 1 fully saturated rings. The largest absolute Gasteiger partial charge is 0.454 e. The van der Waals surface area contributed by atoms with Crippen LogP contribution in [0.3, 0.4) is 0 Å². The van der Waals surface area contributed by atoms with E-state index in [1.165, 1.54) is 6.92 Å². The number of ether oxygens (including phenoxy) is 2. The molecular formula is C21H18F3N3O4. The van der Waals surface area contributed by atoms with Crippen molar-refractivity contribution >= 4 is 17.0 Å². The highest BCUT2D eigenvalue weighted by Gasteiger charge is 2.38. The number of aryl methyl sites for hydroxylation is 1. The molecule has 5 rings (SSSR count). The normalized spacial score (nSPS) is 16.8. The summed E-state index contributed by atoms with van der Waals surface area (Å²) in [5.74, 6) is 0.706. The van der Waals surface area contributed by atoms with E-state index in [9.17, 15) is 18.0 Å². The maximum Gasteiger partial charge on any atom is 0.417 e. The van der Waals surface area contributed by atoms with Crippen LogP contribution in [0.5, 0.6) is 11.5 Å². The molecule has 2 aliphatic rings. The number of piperidine rings is 1. The van der Waals surface area contributed by atoms with Crippen LogP contribution in [0.15, 0.2) is 28.8 Å². The molecule has 0 radical (unpaired) electrons. The van der Waals surface area contributed by atoms with Gasteiger partial charge in [0.05, 0.1) is 16.6 Å². The number of nitrogens with zero attached hydrogens (tertiary/aromatic N) is 3. The fraction of sp³-hybridized carbons (Fsp3) is 0.381. The van der Waals surface area contributed by atoms with Gasteiger partial charge in [0.15, 0.2) is 11.5 Å². The molecule has 0 atom stereocenters. The summed E-state index contributed by atoms with van der Waals surface area (Å²) >= 11 is 0. The lowest BCUT2D eigenvalue weighted by molar-refractivity contribution is -0.136. The van der Waals surface area contributed by atoms with Crippen molar-refractivity contribution < 1.29 is 32.0 Å². The van der Waals surface area contributed by atoms with Gasteiger partial charge in [-0.3, -0.25) is 4.79 Å². The van der Waals surface area contributed by atoms with E-state index in [-0.39, 0.29) is 41.1 Å². The van der Waals surface area contributed by atoms with Crippen molar-refractivity contribution in [2.45, 2.75) is 31.9 Å². The number of aromatic nitrogens is 2. The molecule has 0 saturated carbocycles. The Bertz CT molecular complexity index is 1170. The summed E-state index contributed by atoms with van der Waals surface area (Å²) in [5, 5.41) is 3.85. The first kappa shape index (κ1) is 19.7. The van der Waals surface area contributed by atoms with Crippen LogP contribution in [0.1, 0.15) is 46.1 Å². The number of carbonyl (C=O) groups excluding carboxylic acids is 1. The molecule has 31 heavy (non-hydrogen) atoms. The fourth-order valence-corrected chi connectivity index (χ4v) is 4.17. The van der Waals surface area contributed by atoms with Crippen molar-refractivity contribution in [3.05, 3.63) is 46.8 Å². The average Bonchev–Trinajstić information content (AvgIpc) is 3.38. The van der Waals surface area contributed by atoms with Gasteiger partial charge in [0.25, 0.3) is 11.6 Å². The Morgan fingerprint density at radius 2 is 1.87 bits per heavy atom. The van der Waals surface area contributed by atoms with Crippen LogP contribution >= 0.6 is 0 Å². The van der Waals surface area contributed by atoms with E-state index >= 15 is 0 Å². The van der Waals surface area contributed by atoms with Crippen LogP contribution in [0.2, 0.25) is 0 Å². The van der Waals surface area contributed by atoms with E-state index in [0.29, 0.717) is 43.0 Å². The molecule has 1 amide bonds. The van der Waals surface area contributed by atoms with E-state index < -0.39 is 11.7 Å². The number of likely N-dealkylation sites (tertiary alicyclic amines) is 1. The molecule has 2 aliphatic heterocycles. The van der Waals surface area contributed by atoms with E-state index in [1.807, 2.05) is 0 Å². The smallest absolute Gasteiger partial charge is 0.417 e. The zero-order chi connectivity index (χ0) is 21.8. The molecule has 162 valence electrons. The van der Waals surface area contributed by atoms with Crippen LogP contribution in [0, 0.1) is 6.92 Å². The molecule has 10 heteroatoms. The van der Waals surface area contributed by atoms with Gasteiger partial charge in [-0.25, -0.2) is 4.98 Å². The molecule has 0 spiro atoms. The maximum atomic E-state index is 13.6. The van der Waals surface area contributed by atoms with Crippen molar-refractivity contribution in [3.63, 3.8) is 0 Å². The maximum absolute atomic E-state index is 13.6. The quantitative estimate of drug-likeness (QED) is 0.600. The SMILES string of the molecule is Cc1cc(C(F)(F)F)c2c(C3CCN(C(=O)c4ccc5c(c4)OCO5)CC3)noc2n1. The summed E-state index contributed by atoms with van der Waals surface area (Å²) in [6.07, 6.45) is -3.59. The topological polar surface area (TPSA) is 77.7 Å². The number of amides is 1. The van der Waals surface area contributed by atoms with Crippen molar-refractivity contribution in [3.8, 4) is 11.5 Å². The van der Waals surface area contributed by atoms with Gasteiger partial charge >= 0.3 is 6.18 Å². The summed E-state index contributed by atoms with van der Waals surface area (Å²) in [6.45, 7) is 2.40. The predicted molar refractivity (Wildman–Crippen MR) is 102 cm³/mol. The van der Waals surface area contributed by atoms with Crippen molar-refractivity contribution in [2.75, 3.05) is 19.9 Å². The number of hydrogen-bond donors (Lipinski definition) is 0. The van der Waals surface area contributed by atoms with Gasteiger partial charge in [-0.15, -0.1) is 0 Å². The van der Waals surface area contributed by atoms with Crippen LogP contribution < -0.4 is 9.47 Å². The van der Waals surface area contributed by atoms with Gasteiger partial charge in [-0.1, -0.05) is 5.16 Å². The molecular weight excluding hydrogens is 415 g/mol. The summed E-state index contributed by atoms with van der Waals surface area (Å²) in [5.41, 5.74) is 0.0524. The number of fused-ring (bicyclic) bond motifs is 2. The van der Waals surface area contributed by atoms with Crippen LogP contribution in [0.25, 0.3) is 11.1 Å². The summed E-state index contributed by atoms with van der Waals surface area (Å²) < 4.78 is 56.5. The van der Waals surface area contributed by atoms with E-state index in [1.54, 1.807) is 23.1 Å². The second-order valence-electron chi connectivity index (χ2n) is 7.69. The Labute approximate surface area is 174 Å². The molecule has 1 saturated heterocycles. The summed E-state index contributed by atoms with van der Waals surface area (Å²) in [7, 11) is 0. The molecule has 1 aromatic carbocycles. The number of rotatable bonds is 2. The molecule has 2 aromatic heterocycles. The van der Waals surface area contributed by atoms with Crippen LogP contribution in [-0.2, 0) is 6.18 Å². The summed E-state index contributed by atoms with van der Waals surface area (Å²) in [4.78, 5) is 18.6. The number of alkyl halides is 3. The Morgan fingerprint density at radius 3 is 2.61 bits per heavy atom. The molecule has 0 N–H and O–H groups in total. The number of pyridine rings is 1. The molecule has 4 heterocycles. The zero-order valence-electron chi connectivity index (χ0n) is 16.5. The molecule has 7 nitrogen and oxygen atoms in total. The Hall–Kier alpha value is -3.30. The number of carbonyl (C=O) groups is 1. The molecule has 0 bridgehead atoms. The molecule has 0 aliphatic carbocycles. The monoisotopic (exact) mass is 433 g/mol. The minimum absolute atomic E-state index is 0.0846. The van der Waals surface area contributed by atoms with Gasteiger partial charge in [-0.05, 0) is 44.0 Å². The second kappa shape index (κ2) is 7.14. The van der Waals surface area contributed by atoms with E-state index in [4.69, 9.17) is 14.0 Å². The minimum Gasteiger partial charge on any atom is -0.454 e. The third-order valence-corrected chi connectivity index (χ3v) is 5.69. The molecule has 0 unspecified atom stereocenters. The lowest BCUT2D eigenvalue weighted by atomic mass is 9.90. The third kappa shape index (κ3) is 3.45. The van der Waals surface area contributed by atoms with E-state index in [2.05, 4.69) is 10.1 Å². The van der Waals surface area contributed by atoms with Crippen LogP contribution in [-0.4, -0.2) is 40.8 Å². The first-order chi connectivity index (χ1) is 14.8. The van der Waals surface area contributed by atoms with Gasteiger partial charge in [0.2, 0.25) is 6.79 Å². The standard InChI is InChI=1S/C21H18F3N3O4/c1-11-8-14(21(22,23)24)17-18(26-31-19(17)25-11)12-4-6-27(7-5-12)20(28)13-2-3-15-16(9-13)30-10-29-15/h2-3,8-9,12H,4-7,10H2,1H3. The Kier molecular flexibility index (Phi) is 4.53. The fourth-order valence-electron chi connectivity index (χ4n) is 4.17. The molecule has 3 aromatic rings. The third-order valence-electron chi connectivity index (χ3n) is 5.69. The van der Waals surface area contributed by atoms with Crippen molar-refractivity contribution in [1.82, 2.24) is 15.0 Å². The van der Waals surface area contributed by atoms with E-state index in [0.717, 1.165) is 6.07 Å². The van der Waals surface area contributed by atoms with Crippen molar-refractivity contribution in [2.24, 2.45) is 0 Å². The highest BCUT2D eigenvalue weighted by Crippen LogP contribution is 2.40. The second-order valence-corrected chi connectivity index (χ2v) is 7.69. The summed E-state index contributed by atoms with van der Waals surface area (Å²) in [6, 6.07) is 6.03. The first-order valence-electron chi connectivity index (χ1n) is 9.84. The highest BCUT2D eigenvalue weighted by molar-refractivity contribution is 5.95. The predicted octanol–water partition coefficient (Wildman–Crippen LogP) is 4.30. The number of benzene rings is 1. The first-order valence-corrected chi connectivity index (χ1v) is 9.84. The number of halogens is 3. The number of hydrogen-bond acceptors (Lipinski definition) is 6. The van der Waals surface area contributed by atoms with Gasteiger partial charge < -0.3 is 18.9 Å². The zero-order valence-corrected chi connectivity index (χ0v) is 16.5. The lowest BCUT2D eigenvalue weighted by Crippen LogP contribution is -2.38. The lowest BCUT2D eigenvalue weighted by Gasteiger charge is -2.31. The van der Waals surface area contributed by atoms with Gasteiger partial charge in [0.1, 0.15) is 0 Å². The highest BCUT2D eigenvalue weighted by atomic mass is 19.4. The van der Waals surface area contributed by atoms with Gasteiger partial charge in [-0.2, -0.15) is 13.2 Å².